The molecule has 0 unspecified atom stereocenters. The number of hydrogen-bond acceptors (Lipinski definition) is 17. The molecule has 1 saturated heterocycles. The molecule has 1 aliphatic heterocycles. The maximum absolute atomic E-state index is 15.1. The molecule has 0 bridgehead atoms. The van der Waals surface area contributed by atoms with Gasteiger partial charge in [-0.15, -0.1) is 0 Å². The molecule has 10 amide bonds. The van der Waals surface area contributed by atoms with Crippen molar-refractivity contribution in [3.8, 4) is 5.75 Å². The summed E-state index contributed by atoms with van der Waals surface area (Å²) in [6.07, 6.45) is 6.55. The van der Waals surface area contributed by atoms with E-state index in [0.717, 1.165) is 24.2 Å². The fourth-order valence-electron chi connectivity index (χ4n) is 11.4. The van der Waals surface area contributed by atoms with Crippen molar-refractivity contribution >= 4 is 81.9 Å². The van der Waals surface area contributed by atoms with Crippen LogP contribution in [0.15, 0.2) is 72.2 Å². The number of aromatic hydroxyl groups is 1. The Labute approximate surface area is 552 Å². The number of hydrogen-bond donors (Lipinski definition) is 18. The highest BCUT2D eigenvalue weighted by Crippen LogP contribution is 2.23. The quantitative estimate of drug-likeness (QED) is 0.0106. The normalized spacial score (nSPS) is 16.0. The average Bonchev–Trinajstić information content (AvgIpc) is 1.60. The highest BCUT2D eigenvalue weighted by atomic mass is 16.4. The third-order valence-corrected chi connectivity index (χ3v) is 16.4. The molecule has 2 aliphatic rings. The van der Waals surface area contributed by atoms with Crippen LogP contribution in [-0.2, 0) is 91.3 Å². The minimum Gasteiger partial charge on any atom is -0.508 e. The molecule has 0 saturated carbocycles. The first-order valence-corrected chi connectivity index (χ1v) is 31.9. The van der Waals surface area contributed by atoms with Gasteiger partial charge in [0.15, 0.2) is 5.96 Å². The number of phenols is 1. The van der Waals surface area contributed by atoms with Gasteiger partial charge in [-0.2, -0.15) is 0 Å². The topological polar surface area (TPSA) is 538 Å². The van der Waals surface area contributed by atoms with E-state index in [0.29, 0.717) is 52.8 Å². The Morgan fingerprint density at radius 1 is 0.698 bits per heavy atom. The molecule has 96 heavy (non-hydrogen) atoms. The van der Waals surface area contributed by atoms with Crippen LogP contribution < -0.4 is 65.5 Å². The Morgan fingerprint density at radius 2 is 1.30 bits per heavy atom. The van der Waals surface area contributed by atoms with Crippen molar-refractivity contribution in [2.45, 2.75) is 165 Å². The van der Waals surface area contributed by atoms with E-state index in [4.69, 9.17) is 27.9 Å². The lowest BCUT2D eigenvalue weighted by atomic mass is 10.0. The maximum Gasteiger partial charge on any atom is 0.303 e. The summed E-state index contributed by atoms with van der Waals surface area (Å²) in [5.41, 5.74) is 26.0. The zero-order chi connectivity index (χ0) is 69.6. The predicted molar refractivity (Wildman–Crippen MR) is 347 cm³/mol. The first kappa shape index (κ1) is 73.0. The van der Waals surface area contributed by atoms with E-state index >= 15 is 9.59 Å². The van der Waals surface area contributed by atoms with Gasteiger partial charge in [0.05, 0.1) is 31.2 Å². The number of aliphatic imine (C=N–C) groups is 1. The Morgan fingerprint density at radius 3 is 1.94 bits per heavy atom. The molecule has 1 fully saturated rings. The van der Waals surface area contributed by atoms with E-state index in [1.165, 1.54) is 41.7 Å². The summed E-state index contributed by atoms with van der Waals surface area (Å²) in [5.74, 6) is -10.0. The number of nitrogens with one attached hydrogen (secondary N) is 11. The number of carboxylic acids is 1. The van der Waals surface area contributed by atoms with Gasteiger partial charge in [-0.25, -0.2) is 9.97 Å². The van der Waals surface area contributed by atoms with E-state index in [2.05, 4.69) is 67.5 Å². The zero-order valence-electron chi connectivity index (χ0n) is 53.5. The molecule has 0 spiro atoms. The summed E-state index contributed by atoms with van der Waals surface area (Å²) in [7, 11) is 0. The van der Waals surface area contributed by atoms with Crippen LogP contribution in [0.1, 0.15) is 106 Å². The Bertz CT molecular complexity index is 3550. The maximum atomic E-state index is 15.1. The van der Waals surface area contributed by atoms with Gasteiger partial charge >= 0.3 is 5.97 Å². The number of likely N-dealkylation sites (tertiary alicyclic amines) is 1. The van der Waals surface area contributed by atoms with Crippen molar-refractivity contribution in [3.63, 3.8) is 0 Å². The molecule has 1 aliphatic carbocycles. The van der Waals surface area contributed by atoms with Crippen LogP contribution in [0.4, 0.5) is 0 Å². The molecular formula is C63H87N19O14. The van der Waals surface area contributed by atoms with Crippen molar-refractivity contribution in [1.82, 2.24) is 72.4 Å². The standard InChI is InChI=1S/C63H87N19O14/c1-33(2)23-44(55(89)75-43(13-7-21-69-63(66)67)62(96)82-22-8-14-50(82)61(95)71-30-51(65)85)77-59(93)48(27-52-73-41-11-5-6-12-42(41)74-52)80-56(90)45(24-34-15-17-37(84)18-16-34)78-60(94)49(31-83)81-57(91)46(25-35-28-70-40-10-4-3-9-38(35)40)79-58(92)47(26-36-29-68-32-72-36)76-54(88)39(64)19-20-53(86)87/h3-4,9-10,15-18,28-29,32-33,39,43-50,70,83-84H,5-8,11-14,19-27,30-31,64H2,1-2H3,(H2,65,85)(H,68,72)(H,71,95)(H,73,74)(H,75,89)(H,76,88)(H,77,93)(H,78,94)(H,79,92)(H,80,90)(H,81,91)(H,86,87)(H4,66,67,69)/t39-,43-,44-,45-,46-,47-,48-,49-,50+/m0/s1. The second kappa shape index (κ2) is 35.2. The lowest BCUT2D eigenvalue weighted by molar-refractivity contribution is -0.142. The van der Waals surface area contributed by atoms with Gasteiger partial charge < -0.3 is 101 Å². The van der Waals surface area contributed by atoms with Crippen molar-refractivity contribution < 1.29 is 68.1 Å². The minimum absolute atomic E-state index is 0.0113. The second-order valence-electron chi connectivity index (χ2n) is 24.3. The number of aliphatic carboxylic acids is 1. The molecule has 5 aromatic rings. The highest BCUT2D eigenvalue weighted by Gasteiger charge is 2.40. The molecule has 3 aromatic heterocycles. The van der Waals surface area contributed by atoms with Crippen LogP contribution in [0.2, 0.25) is 0 Å². The minimum atomic E-state index is -1.83. The van der Waals surface area contributed by atoms with Crippen LogP contribution in [0.3, 0.4) is 0 Å². The molecule has 9 atom stereocenters. The Hall–Kier alpha value is -10.4. The third-order valence-electron chi connectivity index (χ3n) is 16.4. The van der Waals surface area contributed by atoms with Crippen molar-refractivity contribution in [1.29, 1.82) is 0 Å². The van der Waals surface area contributed by atoms with Crippen LogP contribution >= 0.6 is 0 Å². The van der Waals surface area contributed by atoms with E-state index in [-0.39, 0.29) is 88.5 Å². The van der Waals surface area contributed by atoms with Gasteiger partial charge in [0, 0.05) is 79.9 Å². The summed E-state index contributed by atoms with van der Waals surface area (Å²) in [5, 5.41) is 52.1. The Balaban J connectivity index is 1.15. The van der Waals surface area contributed by atoms with Gasteiger partial charge in [-0.3, -0.25) is 57.7 Å². The van der Waals surface area contributed by atoms with Gasteiger partial charge in [-0.1, -0.05) is 44.2 Å². The smallest absolute Gasteiger partial charge is 0.303 e. The number of aromatic amines is 3. The molecule has 0 radical (unpaired) electrons. The predicted octanol–water partition coefficient (Wildman–Crippen LogP) is -3.26. The summed E-state index contributed by atoms with van der Waals surface area (Å²) in [4.78, 5) is 176. The number of primary amides is 1. The second-order valence-corrected chi connectivity index (χ2v) is 24.3. The molecule has 22 N–H and O–H groups in total. The zero-order valence-corrected chi connectivity index (χ0v) is 53.5. The van der Waals surface area contributed by atoms with Crippen LogP contribution in [0.5, 0.6) is 5.75 Å². The molecular weight excluding hydrogens is 1250 g/mol. The van der Waals surface area contributed by atoms with Gasteiger partial charge in [0.2, 0.25) is 59.1 Å². The summed E-state index contributed by atoms with van der Waals surface area (Å²) in [6.45, 7) is 2.27. The fourth-order valence-corrected chi connectivity index (χ4v) is 11.4. The van der Waals surface area contributed by atoms with Gasteiger partial charge in [0.1, 0.15) is 59.9 Å². The van der Waals surface area contributed by atoms with Crippen molar-refractivity contribution in [2.75, 3.05) is 26.2 Å². The molecule has 2 aromatic carbocycles. The Kier molecular flexibility index (Phi) is 26.7. The first-order chi connectivity index (χ1) is 45.8. The number of para-hydroxylation sites is 1. The molecule has 33 heteroatoms. The molecule has 518 valence electrons. The number of aromatic nitrogens is 5. The number of aliphatic hydroxyl groups is 1. The number of rotatable bonds is 36. The number of carbonyl (C=O) groups is 11. The monoisotopic (exact) mass is 1330 g/mol. The lowest BCUT2D eigenvalue weighted by Crippen LogP contribution is -2.61. The van der Waals surface area contributed by atoms with E-state index in [9.17, 15) is 58.5 Å². The fraction of sp³-hybridized carbons (Fsp3) is 0.492. The number of nitrogens with two attached hydrogens (primary N) is 4. The SMILES string of the molecule is CC(C)C[C@H](NC(=O)[C@H](Cc1nc2c([nH]1)CCCC2)NC(=O)[C@H](Cc1ccc(O)cc1)NC(=O)[C@H](CO)NC(=O)[C@H](Cc1c[nH]c2ccccc12)NC(=O)[C@H](Cc1cnc[nH]1)NC(=O)[C@@H](N)CCC(=O)O)C(=O)N[C@@H](CCCN=C(N)N)C(=O)N1CCC[C@@H]1C(=O)NCC(N)=O. The van der Waals surface area contributed by atoms with E-state index < -0.39 is 139 Å². The molecule has 7 rings (SSSR count). The number of phenolic OH excluding ortho intramolecular Hbond substituents is 1. The largest absolute Gasteiger partial charge is 0.508 e. The molecule has 33 nitrogen and oxygen atoms in total. The number of carbonyl (C=O) groups excluding carboxylic acids is 10. The number of amides is 10. The molecule has 4 heterocycles. The third kappa shape index (κ3) is 21.6. The number of nitrogens with zero attached hydrogens (tertiary/aromatic N) is 4. The number of imidazole rings is 2. The van der Waals surface area contributed by atoms with Crippen LogP contribution in [0, 0.1) is 5.92 Å². The van der Waals surface area contributed by atoms with Crippen molar-refractivity contribution in [2.24, 2.45) is 33.8 Å². The summed E-state index contributed by atoms with van der Waals surface area (Å²) in [6, 6.07) is -0.200. The number of benzene rings is 2. The van der Waals surface area contributed by atoms with Crippen LogP contribution in [-0.4, -0.2) is 197 Å². The van der Waals surface area contributed by atoms with Gasteiger partial charge in [-0.05, 0) is 99.5 Å². The van der Waals surface area contributed by atoms with Crippen LogP contribution in [0.25, 0.3) is 10.9 Å². The lowest BCUT2D eigenvalue weighted by Gasteiger charge is -2.30. The van der Waals surface area contributed by atoms with Crippen molar-refractivity contribution in [3.05, 3.63) is 101 Å². The van der Waals surface area contributed by atoms with E-state index in [1.807, 2.05) is 0 Å². The number of fused-ring (bicyclic) bond motifs is 2. The summed E-state index contributed by atoms with van der Waals surface area (Å²) >= 11 is 0. The average molecular weight is 1330 g/mol. The highest BCUT2D eigenvalue weighted by molar-refractivity contribution is 5.99. The number of guanidine groups is 1. The number of carboxylic acid groups (broad SMARTS) is 1. The van der Waals surface area contributed by atoms with E-state index in [1.54, 1.807) is 44.3 Å². The summed E-state index contributed by atoms with van der Waals surface area (Å²) < 4.78 is 0. The first-order valence-electron chi connectivity index (χ1n) is 31.9. The number of aryl methyl sites for hydroxylation is 2. The number of H-pyrrole nitrogens is 3. The number of aliphatic hydroxyl groups excluding tert-OH is 1. The van der Waals surface area contributed by atoms with Gasteiger partial charge in [0.25, 0.3) is 0 Å².